The molecule has 25 heavy (non-hydrogen) atoms. The van der Waals surface area contributed by atoms with Crippen molar-refractivity contribution in [3.05, 3.63) is 17.5 Å². The minimum absolute atomic E-state index is 0.0158. The fourth-order valence-corrected chi connectivity index (χ4v) is 4.58. The van der Waals surface area contributed by atoms with E-state index in [-0.39, 0.29) is 23.5 Å². The maximum absolute atomic E-state index is 12.5. The number of carbonyl (C=O) groups is 2. The van der Waals surface area contributed by atoms with Crippen molar-refractivity contribution in [3.8, 4) is 0 Å². The molecular weight excluding hydrogens is 346 g/mol. The lowest BCUT2D eigenvalue weighted by Crippen LogP contribution is -2.43. The van der Waals surface area contributed by atoms with Crippen LogP contribution in [0.15, 0.2) is 6.20 Å². The molecule has 0 N–H and O–H groups in total. The minimum Gasteiger partial charge on any atom is -0.452 e. The van der Waals surface area contributed by atoms with Gasteiger partial charge in [0.05, 0.1) is 17.7 Å². The van der Waals surface area contributed by atoms with Crippen LogP contribution in [0.4, 0.5) is 0 Å². The quantitative estimate of drug-likeness (QED) is 0.655. The Balaban J connectivity index is 1.99. The maximum atomic E-state index is 12.5. The van der Waals surface area contributed by atoms with Gasteiger partial charge < -0.3 is 9.64 Å². The molecule has 1 aromatic rings. The first-order valence-corrected chi connectivity index (χ1v) is 10.2. The number of rotatable bonds is 7. The number of ether oxygens (including phenoxy) is 1. The summed E-state index contributed by atoms with van der Waals surface area (Å²) in [6.45, 7) is 3.81. The first kappa shape index (κ1) is 19.4. The summed E-state index contributed by atoms with van der Waals surface area (Å²) in [6, 6.07) is -0.331. The summed E-state index contributed by atoms with van der Waals surface area (Å²) in [6.07, 6.45) is 3.50. The predicted molar refractivity (Wildman–Crippen MR) is 91.9 cm³/mol. The average molecular weight is 371 g/mol. The number of unbranched alkanes of at least 4 members (excludes halogenated alkanes) is 1. The van der Waals surface area contributed by atoms with E-state index in [0.717, 1.165) is 12.8 Å². The van der Waals surface area contributed by atoms with Crippen LogP contribution in [0.2, 0.25) is 0 Å². The second-order valence-electron chi connectivity index (χ2n) is 6.34. The van der Waals surface area contributed by atoms with E-state index < -0.39 is 22.4 Å². The largest absolute Gasteiger partial charge is 0.452 e. The summed E-state index contributed by atoms with van der Waals surface area (Å²) in [5, 5.41) is 3.97. The molecule has 1 atom stereocenters. The number of sulfone groups is 1. The van der Waals surface area contributed by atoms with Crippen molar-refractivity contribution in [3.63, 3.8) is 0 Å². The Kier molecular flexibility index (Phi) is 6.21. The highest BCUT2D eigenvalue weighted by Gasteiger charge is 2.34. The molecule has 1 amide bonds. The molecule has 0 aromatic carbocycles. The van der Waals surface area contributed by atoms with E-state index in [1.807, 2.05) is 6.92 Å². The van der Waals surface area contributed by atoms with Crippen molar-refractivity contribution in [1.29, 1.82) is 0 Å². The van der Waals surface area contributed by atoms with Gasteiger partial charge in [-0.15, -0.1) is 0 Å². The lowest BCUT2D eigenvalue weighted by atomic mass is 10.2. The summed E-state index contributed by atoms with van der Waals surface area (Å²) < 4.78 is 30.1. The van der Waals surface area contributed by atoms with Crippen LogP contribution in [-0.2, 0) is 26.4 Å². The van der Waals surface area contributed by atoms with Gasteiger partial charge in [0.1, 0.15) is 5.56 Å². The monoisotopic (exact) mass is 371 g/mol. The third-order valence-corrected chi connectivity index (χ3v) is 6.25. The van der Waals surface area contributed by atoms with Crippen LogP contribution < -0.4 is 0 Å². The van der Waals surface area contributed by atoms with Crippen LogP contribution in [0.25, 0.3) is 0 Å². The van der Waals surface area contributed by atoms with Gasteiger partial charge in [0.2, 0.25) is 0 Å². The number of carbonyl (C=O) groups excluding carboxylic acids is 2. The van der Waals surface area contributed by atoms with Crippen LogP contribution in [0.5, 0.6) is 0 Å². The summed E-state index contributed by atoms with van der Waals surface area (Å²) in [4.78, 5) is 26.2. The Morgan fingerprint density at radius 3 is 2.68 bits per heavy atom. The highest BCUT2D eigenvalue weighted by atomic mass is 32.2. The molecule has 1 aromatic heterocycles. The minimum atomic E-state index is -3.09. The van der Waals surface area contributed by atoms with Gasteiger partial charge in [-0.1, -0.05) is 13.3 Å². The molecule has 9 heteroatoms. The van der Waals surface area contributed by atoms with Crippen molar-refractivity contribution >= 4 is 21.7 Å². The molecule has 0 spiro atoms. The van der Waals surface area contributed by atoms with E-state index in [1.54, 1.807) is 23.6 Å². The molecule has 1 aliphatic heterocycles. The van der Waals surface area contributed by atoms with Crippen molar-refractivity contribution in [2.24, 2.45) is 7.05 Å². The fourth-order valence-electron chi connectivity index (χ4n) is 2.85. The lowest BCUT2D eigenvalue weighted by molar-refractivity contribution is -0.136. The Morgan fingerprint density at radius 1 is 1.44 bits per heavy atom. The van der Waals surface area contributed by atoms with Crippen LogP contribution in [0.1, 0.15) is 42.2 Å². The third-order valence-electron chi connectivity index (χ3n) is 4.50. The SMILES string of the molecule is CCCCN(C(=O)COC(=O)c1cnn(C)c1C)C1CCS(=O)(=O)C1. The number of hydrogen-bond donors (Lipinski definition) is 0. The van der Waals surface area contributed by atoms with Crippen LogP contribution in [0.3, 0.4) is 0 Å². The summed E-state index contributed by atoms with van der Waals surface area (Å²) in [5.74, 6) is -0.876. The van der Waals surface area contributed by atoms with E-state index in [0.29, 0.717) is 24.2 Å². The molecule has 2 rings (SSSR count). The summed E-state index contributed by atoms with van der Waals surface area (Å²) >= 11 is 0. The normalized spacial score (nSPS) is 18.9. The lowest BCUT2D eigenvalue weighted by Gasteiger charge is -2.28. The highest BCUT2D eigenvalue weighted by Crippen LogP contribution is 2.19. The Labute approximate surface area is 148 Å². The molecule has 1 unspecified atom stereocenters. The Hall–Kier alpha value is -1.90. The van der Waals surface area contributed by atoms with Gasteiger partial charge in [-0.05, 0) is 19.8 Å². The number of nitrogens with zero attached hydrogens (tertiary/aromatic N) is 3. The second kappa shape index (κ2) is 7.99. The van der Waals surface area contributed by atoms with Gasteiger partial charge in [-0.25, -0.2) is 13.2 Å². The standard InChI is InChI=1S/C16H25N3O5S/c1-4-5-7-19(13-6-8-25(22,23)11-13)15(20)10-24-16(21)14-9-17-18(3)12(14)2/h9,13H,4-8,10-11H2,1-3H3. The van der Waals surface area contributed by atoms with Crippen LogP contribution in [0, 0.1) is 6.92 Å². The van der Waals surface area contributed by atoms with E-state index in [2.05, 4.69) is 5.10 Å². The number of aromatic nitrogens is 2. The van der Waals surface area contributed by atoms with Gasteiger partial charge in [-0.2, -0.15) is 5.10 Å². The molecule has 8 nitrogen and oxygen atoms in total. The first-order valence-electron chi connectivity index (χ1n) is 8.40. The first-order chi connectivity index (χ1) is 11.7. The van der Waals surface area contributed by atoms with E-state index in [4.69, 9.17) is 4.74 Å². The van der Waals surface area contributed by atoms with Crippen LogP contribution in [-0.4, -0.2) is 65.7 Å². The van der Waals surface area contributed by atoms with Gasteiger partial charge in [0.15, 0.2) is 16.4 Å². The molecule has 0 bridgehead atoms. The number of hydrogen-bond acceptors (Lipinski definition) is 6. The molecule has 2 heterocycles. The Bertz CT molecular complexity index is 741. The zero-order valence-electron chi connectivity index (χ0n) is 14.9. The third kappa shape index (κ3) is 4.81. The zero-order valence-corrected chi connectivity index (χ0v) is 15.7. The molecule has 0 radical (unpaired) electrons. The van der Waals surface area contributed by atoms with Gasteiger partial charge >= 0.3 is 5.97 Å². The van der Waals surface area contributed by atoms with E-state index in [1.165, 1.54) is 6.20 Å². The van der Waals surface area contributed by atoms with Gasteiger partial charge in [0, 0.05) is 25.3 Å². The van der Waals surface area contributed by atoms with Crippen molar-refractivity contribution in [2.75, 3.05) is 24.7 Å². The molecule has 1 aliphatic rings. The van der Waals surface area contributed by atoms with Crippen molar-refractivity contribution < 1.29 is 22.7 Å². The Morgan fingerprint density at radius 2 is 2.16 bits per heavy atom. The van der Waals surface area contributed by atoms with E-state index >= 15 is 0 Å². The zero-order chi connectivity index (χ0) is 18.6. The van der Waals surface area contributed by atoms with Gasteiger partial charge in [-0.3, -0.25) is 9.48 Å². The average Bonchev–Trinajstić information content (AvgIpc) is 3.08. The van der Waals surface area contributed by atoms with Crippen LogP contribution >= 0.6 is 0 Å². The van der Waals surface area contributed by atoms with Gasteiger partial charge in [0.25, 0.3) is 5.91 Å². The molecule has 0 saturated carbocycles. The maximum Gasteiger partial charge on any atom is 0.342 e. The van der Waals surface area contributed by atoms with E-state index in [9.17, 15) is 18.0 Å². The number of aryl methyl sites for hydroxylation is 1. The smallest absolute Gasteiger partial charge is 0.342 e. The predicted octanol–water partition coefficient (Wildman–Crippen LogP) is 0.701. The summed E-state index contributed by atoms with van der Waals surface area (Å²) in [5.41, 5.74) is 0.973. The molecular formula is C16H25N3O5S. The second-order valence-corrected chi connectivity index (χ2v) is 8.57. The molecule has 0 aliphatic carbocycles. The highest BCUT2D eigenvalue weighted by molar-refractivity contribution is 7.91. The number of amides is 1. The topological polar surface area (TPSA) is 98.6 Å². The molecule has 1 saturated heterocycles. The fraction of sp³-hybridized carbons (Fsp3) is 0.688. The van der Waals surface area contributed by atoms with Crippen molar-refractivity contribution in [1.82, 2.24) is 14.7 Å². The molecule has 140 valence electrons. The van der Waals surface area contributed by atoms with Crippen molar-refractivity contribution in [2.45, 2.75) is 39.2 Å². The summed E-state index contributed by atoms with van der Waals surface area (Å²) in [7, 11) is -1.38. The number of esters is 1. The molecule has 1 fully saturated rings.